The maximum absolute atomic E-state index is 12.3. The molecule has 0 fully saturated rings. The molecule has 2 rings (SSSR count). The van der Waals surface area contributed by atoms with Gasteiger partial charge >= 0.3 is 0 Å². The molecular formula is C21H22O4. The Kier molecular flexibility index (Phi) is 6.01. The normalized spacial score (nSPS) is 10.7. The van der Waals surface area contributed by atoms with Crippen LogP contribution in [-0.4, -0.2) is 23.1 Å². The Balaban J connectivity index is 2.19. The highest BCUT2D eigenvalue weighted by Crippen LogP contribution is 2.25. The summed E-state index contributed by atoms with van der Waals surface area (Å²) < 4.78 is 5.01. The lowest BCUT2D eigenvalue weighted by atomic mass is 10.0. The van der Waals surface area contributed by atoms with Crippen molar-refractivity contribution in [1.82, 2.24) is 0 Å². The molecule has 25 heavy (non-hydrogen) atoms. The van der Waals surface area contributed by atoms with Crippen molar-refractivity contribution < 1.29 is 19.7 Å². The number of allylic oxidation sites excluding steroid dienone is 3. The van der Waals surface area contributed by atoms with Crippen LogP contribution in [0.2, 0.25) is 0 Å². The van der Waals surface area contributed by atoms with E-state index in [0.29, 0.717) is 12.2 Å². The van der Waals surface area contributed by atoms with Gasteiger partial charge in [-0.3, -0.25) is 4.79 Å². The van der Waals surface area contributed by atoms with Crippen molar-refractivity contribution in [3.8, 4) is 17.2 Å². The molecule has 0 heterocycles. The molecule has 0 saturated heterocycles. The van der Waals surface area contributed by atoms with Gasteiger partial charge < -0.3 is 14.9 Å². The molecule has 0 atom stereocenters. The summed E-state index contributed by atoms with van der Waals surface area (Å²) in [4.78, 5) is 12.3. The zero-order chi connectivity index (χ0) is 18.4. The predicted octanol–water partition coefficient (Wildman–Crippen LogP) is 4.51. The van der Waals surface area contributed by atoms with Crippen LogP contribution in [0.3, 0.4) is 0 Å². The van der Waals surface area contributed by atoms with Crippen LogP contribution in [-0.2, 0) is 6.42 Å². The molecule has 2 aromatic rings. The van der Waals surface area contributed by atoms with E-state index in [2.05, 4.69) is 0 Å². The summed E-state index contributed by atoms with van der Waals surface area (Å²) in [5, 5.41) is 19.8. The van der Waals surface area contributed by atoms with E-state index in [1.54, 1.807) is 24.3 Å². The highest BCUT2D eigenvalue weighted by Gasteiger charge is 2.09. The molecule has 2 aromatic carbocycles. The molecule has 0 aliphatic heterocycles. The second-order valence-electron chi connectivity index (χ2n) is 5.95. The number of phenolic OH excluding ortho intramolecular Hbond substituents is 2. The smallest absolute Gasteiger partial charge is 0.189 e. The lowest BCUT2D eigenvalue weighted by Crippen LogP contribution is -1.95. The van der Waals surface area contributed by atoms with Crippen LogP contribution >= 0.6 is 0 Å². The van der Waals surface area contributed by atoms with E-state index in [1.807, 2.05) is 26.0 Å². The van der Waals surface area contributed by atoms with E-state index in [4.69, 9.17) is 4.74 Å². The van der Waals surface area contributed by atoms with Crippen molar-refractivity contribution in [2.24, 2.45) is 0 Å². The number of hydrogen-bond donors (Lipinski definition) is 2. The minimum absolute atomic E-state index is 0.121. The highest BCUT2D eigenvalue weighted by atomic mass is 16.5. The van der Waals surface area contributed by atoms with Crippen molar-refractivity contribution in [2.75, 3.05) is 7.11 Å². The second-order valence-corrected chi connectivity index (χ2v) is 5.95. The summed E-state index contributed by atoms with van der Waals surface area (Å²) in [6.07, 6.45) is 5.72. The largest absolute Gasteiger partial charge is 0.508 e. The van der Waals surface area contributed by atoms with Gasteiger partial charge in [-0.1, -0.05) is 23.8 Å². The predicted molar refractivity (Wildman–Crippen MR) is 99.3 cm³/mol. The van der Waals surface area contributed by atoms with E-state index in [9.17, 15) is 15.0 Å². The Labute approximate surface area is 147 Å². The molecule has 0 bridgehead atoms. The Morgan fingerprint density at radius 2 is 1.84 bits per heavy atom. The molecule has 0 unspecified atom stereocenters. The number of carbonyl (C=O) groups is 1. The van der Waals surface area contributed by atoms with Gasteiger partial charge in [0.05, 0.1) is 12.7 Å². The lowest BCUT2D eigenvalue weighted by Gasteiger charge is -2.05. The highest BCUT2D eigenvalue weighted by molar-refractivity contribution is 6.08. The number of phenols is 2. The summed E-state index contributed by atoms with van der Waals surface area (Å²) >= 11 is 0. The van der Waals surface area contributed by atoms with Crippen LogP contribution in [0.1, 0.15) is 35.3 Å². The Morgan fingerprint density at radius 3 is 2.48 bits per heavy atom. The number of benzene rings is 2. The quantitative estimate of drug-likeness (QED) is 0.462. The Bertz CT molecular complexity index is 828. The van der Waals surface area contributed by atoms with Crippen LogP contribution in [0, 0.1) is 0 Å². The van der Waals surface area contributed by atoms with Gasteiger partial charge in [0.1, 0.15) is 17.2 Å². The van der Waals surface area contributed by atoms with Gasteiger partial charge in [0.15, 0.2) is 5.78 Å². The van der Waals surface area contributed by atoms with Crippen LogP contribution in [0.15, 0.2) is 54.1 Å². The first-order valence-electron chi connectivity index (χ1n) is 7.95. The molecule has 2 N–H and O–H groups in total. The van der Waals surface area contributed by atoms with Gasteiger partial charge in [-0.25, -0.2) is 0 Å². The van der Waals surface area contributed by atoms with E-state index >= 15 is 0 Å². The van der Waals surface area contributed by atoms with Gasteiger partial charge in [-0.15, -0.1) is 0 Å². The van der Waals surface area contributed by atoms with Crippen molar-refractivity contribution in [3.05, 3.63) is 70.8 Å². The molecule has 0 amide bonds. The number of ether oxygens (including phenoxy) is 1. The minimum Gasteiger partial charge on any atom is -0.508 e. The molecule has 0 saturated carbocycles. The summed E-state index contributed by atoms with van der Waals surface area (Å²) in [6, 6.07) is 9.74. The number of carbonyl (C=O) groups excluding carboxylic acids is 1. The molecule has 0 radical (unpaired) electrons. The second kappa shape index (κ2) is 8.20. The average Bonchev–Trinajstić information content (AvgIpc) is 2.59. The molecule has 4 heteroatoms. The molecular weight excluding hydrogens is 316 g/mol. The summed E-state index contributed by atoms with van der Waals surface area (Å²) in [6.45, 7) is 4.00. The zero-order valence-electron chi connectivity index (χ0n) is 14.6. The first kappa shape index (κ1) is 18.3. The van der Waals surface area contributed by atoms with Gasteiger partial charge in [0, 0.05) is 6.07 Å². The monoisotopic (exact) mass is 338 g/mol. The zero-order valence-corrected chi connectivity index (χ0v) is 14.6. The van der Waals surface area contributed by atoms with E-state index < -0.39 is 0 Å². The van der Waals surface area contributed by atoms with E-state index in [0.717, 1.165) is 11.1 Å². The first-order valence-corrected chi connectivity index (χ1v) is 7.95. The van der Waals surface area contributed by atoms with Crippen molar-refractivity contribution >= 4 is 11.9 Å². The first-order chi connectivity index (χ1) is 11.9. The number of ketones is 1. The molecule has 4 nitrogen and oxygen atoms in total. The Morgan fingerprint density at radius 1 is 1.08 bits per heavy atom. The number of hydrogen-bond acceptors (Lipinski definition) is 4. The number of rotatable bonds is 6. The van der Waals surface area contributed by atoms with Crippen LogP contribution in [0.4, 0.5) is 0 Å². The summed E-state index contributed by atoms with van der Waals surface area (Å²) in [7, 11) is 1.49. The van der Waals surface area contributed by atoms with Gasteiger partial charge in [-0.2, -0.15) is 0 Å². The fourth-order valence-electron chi connectivity index (χ4n) is 2.30. The van der Waals surface area contributed by atoms with Crippen molar-refractivity contribution in [2.45, 2.75) is 20.3 Å². The van der Waals surface area contributed by atoms with Gasteiger partial charge in [0.2, 0.25) is 0 Å². The number of aromatic hydroxyl groups is 2. The third-order valence-corrected chi connectivity index (χ3v) is 3.73. The molecule has 0 spiro atoms. The van der Waals surface area contributed by atoms with Crippen LogP contribution in [0.5, 0.6) is 17.2 Å². The minimum atomic E-state index is -0.306. The Hall–Kier alpha value is -3.01. The van der Waals surface area contributed by atoms with Gasteiger partial charge in [0.25, 0.3) is 0 Å². The van der Waals surface area contributed by atoms with E-state index in [-0.39, 0.29) is 22.8 Å². The third kappa shape index (κ3) is 4.98. The maximum atomic E-state index is 12.3. The standard InChI is InChI=1S/C21H22O4/c1-14(2)4-7-16-12-15(5-10-19(16)22)6-11-20(23)18-9-8-17(25-3)13-21(18)24/h4-6,8-13,22,24H,7H2,1-3H3/b11-6+. The maximum Gasteiger partial charge on any atom is 0.189 e. The fourth-order valence-corrected chi connectivity index (χ4v) is 2.30. The SMILES string of the molecule is COc1ccc(C(=O)/C=C/c2ccc(O)c(CC=C(C)C)c2)c(O)c1. The van der Waals surface area contributed by atoms with E-state index in [1.165, 1.54) is 30.9 Å². The molecule has 0 aliphatic carbocycles. The molecule has 0 aromatic heterocycles. The third-order valence-electron chi connectivity index (χ3n) is 3.73. The van der Waals surface area contributed by atoms with Crippen molar-refractivity contribution in [1.29, 1.82) is 0 Å². The van der Waals surface area contributed by atoms with Gasteiger partial charge in [-0.05, 0) is 61.7 Å². The van der Waals surface area contributed by atoms with Crippen molar-refractivity contribution in [3.63, 3.8) is 0 Å². The van der Waals surface area contributed by atoms with Crippen LogP contribution in [0.25, 0.3) is 6.08 Å². The summed E-state index contributed by atoms with van der Waals surface area (Å²) in [5.41, 5.74) is 2.98. The topological polar surface area (TPSA) is 66.8 Å². The summed E-state index contributed by atoms with van der Waals surface area (Å²) in [5.74, 6) is 0.289. The average molecular weight is 338 g/mol. The number of methoxy groups -OCH3 is 1. The lowest BCUT2D eigenvalue weighted by molar-refractivity contribution is 0.104. The fraction of sp³-hybridized carbons (Fsp3) is 0.190. The van der Waals surface area contributed by atoms with Crippen LogP contribution < -0.4 is 4.74 Å². The molecule has 0 aliphatic rings. The molecule has 130 valence electrons.